The first-order chi connectivity index (χ1) is 20.9. The van der Waals surface area contributed by atoms with Gasteiger partial charge in [0, 0.05) is 67.1 Å². The minimum atomic E-state index is -0.644. The number of H-pyrrole nitrogens is 1. The molecule has 1 unspecified atom stereocenters. The van der Waals surface area contributed by atoms with Gasteiger partial charge in [-0.25, -0.2) is 9.78 Å². The van der Waals surface area contributed by atoms with E-state index < -0.39 is 17.6 Å². The molecule has 44 heavy (non-hydrogen) atoms. The molecule has 1 fully saturated rings. The number of nitrogens with one attached hydrogen (secondary N) is 1. The van der Waals surface area contributed by atoms with Gasteiger partial charge in [0.2, 0.25) is 5.91 Å². The van der Waals surface area contributed by atoms with E-state index in [1.54, 1.807) is 17.0 Å². The zero-order chi connectivity index (χ0) is 31.6. The minimum Gasteiger partial charge on any atom is -0.444 e. The van der Waals surface area contributed by atoms with Gasteiger partial charge in [-0.3, -0.25) is 4.79 Å². The van der Waals surface area contributed by atoms with Crippen LogP contribution in [0.2, 0.25) is 5.02 Å². The summed E-state index contributed by atoms with van der Waals surface area (Å²) >= 11 is 6.21. The number of halogens is 1. The van der Waals surface area contributed by atoms with Crippen molar-refractivity contribution < 1.29 is 14.3 Å². The van der Waals surface area contributed by atoms with E-state index in [0.717, 1.165) is 39.0 Å². The van der Waals surface area contributed by atoms with Gasteiger partial charge in [0.25, 0.3) is 0 Å². The molecule has 0 radical (unpaired) electrons. The number of aryl methyl sites for hydroxylation is 1. The second kappa shape index (κ2) is 12.9. The third kappa shape index (κ3) is 6.86. The third-order valence-electron chi connectivity index (χ3n) is 8.06. The number of piperazine rings is 1. The minimum absolute atomic E-state index is 0.0119. The van der Waals surface area contributed by atoms with Gasteiger partial charge in [-0.15, -0.1) is 0 Å². The maximum Gasteiger partial charge on any atom is 0.410 e. The summed E-state index contributed by atoms with van der Waals surface area (Å²) in [5, 5.41) is 1.70. The molecule has 1 atom stereocenters. The number of ether oxygens (including phenoxy) is 1. The van der Waals surface area contributed by atoms with Gasteiger partial charge in [-0.1, -0.05) is 54.1 Å². The molecule has 1 aliphatic heterocycles. The number of fused-ring (bicyclic) bond motifs is 1. The van der Waals surface area contributed by atoms with E-state index in [4.69, 9.17) is 21.3 Å². The standard InChI is InChI=1S/C35H42ClN5O3/c1-23(2)41(34(43)44-35(4,5)6)22-29(26-12-14-27(36)15-13-26)33(42)40-18-16-39(17-19-40)31-28(25-10-8-7-9-11-25)21-38-32-30(31)24(3)20-37-32/h7-15,20-21,23,29H,16-19,22H2,1-6H3,(H,37,38). The number of pyridine rings is 1. The average molecular weight is 616 g/mol. The van der Waals surface area contributed by atoms with Crippen LogP contribution < -0.4 is 4.90 Å². The van der Waals surface area contributed by atoms with E-state index in [2.05, 4.69) is 28.9 Å². The summed E-state index contributed by atoms with van der Waals surface area (Å²) in [6.07, 6.45) is 3.51. The number of nitrogens with zero attached hydrogens (tertiary/aromatic N) is 4. The molecular formula is C35H42ClN5O3. The predicted octanol–water partition coefficient (Wildman–Crippen LogP) is 7.27. The molecule has 232 valence electrons. The highest BCUT2D eigenvalue weighted by atomic mass is 35.5. The Kier molecular flexibility index (Phi) is 9.20. The average Bonchev–Trinajstić information content (AvgIpc) is 3.37. The van der Waals surface area contributed by atoms with Gasteiger partial charge in [0.1, 0.15) is 11.2 Å². The fourth-order valence-electron chi connectivity index (χ4n) is 5.80. The number of hydrogen-bond acceptors (Lipinski definition) is 5. The van der Waals surface area contributed by atoms with Crippen LogP contribution >= 0.6 is 11.6 Å². The summed E-state index contributed by atoms with van der Waals surface area (Å²) in [5.41, 5.74) is 5.49. The Morgan fingerprint density at radius 3 is 2.30 bits per heavy atom. The van der Waals surface area contributed by atoms with Gasteiger partial charge >= 0.3 is 6.09 Å². The predicted molar refractivity (Wildman–Crippen MR) is 177 cm³/mol. The summed E-state index contributed by atoms with van der Waals surface area (Å²) in [5.74, 6) is -0.574. The first-order valence-electron chi connectivity index (χ1n) is 15.2. The molecule has 4 aromatic rings. The van der Waals surface area contributed by atoms with Crippen molar-refractivity contribution in [2.24, 2.45) is 0 Å². The number of benzene rings is 2. The van der Waals surface area contributed by atoms with Crippen molar-refractivity contribution in [1.29, 1.82) is 0 Å². The summed E-state index contributed by atoms with van der Waals surface area (Å²) in [7, 11) is 0. The van der Waals surface area contributed by atoms with Crippen LogP contribution in [-0.2, 0) is 9.53 Å². The molecule has 0 aliphatic carbocycles. The number of carbonyl (C=O) groups excluding carboxylic acids is 2. The highest BCUT2D eigenvalue weighted by molar-refractivity contribution is 6.30. The molecule has 9 heteroatoms. The van der Waals surface area contributed by atoms with Gasteiger partial charge in [-0.05, 0) is 70.4 Å². The molecule has 8 nitrogen and oxygen atoms in total. The molecule has 0 bridgehead atoms. The molecule has 1 saturated heterocycles. The quantitative estimate of drug-likeness (QED) is 0.236. The Morgan fingerprint density at radius 1 is 1.02 bits per heavy atom. The van der Waals surface area contributed by atoms with Crippen LogP contribution in [0, 0.1) is 6.92 Å². The Labute approximate surface area is 265 Å². The number of carbonyl (C=O) groups is 2. The van der Waals surface area contributed by atoms with Crippen LogP contribution in [-0.4, -0.2) is 76.1 Å². The van der Waals surface area contributed by atoms with Gasteiger partial charge in [0.15, 0.2) is 0 Å². The first kappa shape index (κ1) is 31.4. The fraction of sp³-hybridized carbons (Fsp3) is 0.400. The van der Waals surface area contributed by atoms with Crippen molar-refractivity contribution in [3.8, 4) is 11.1 Å². The lowest BCUT2D eigenvalue weighted by atomic mass is 9.95. The van der Waals surface area contributed by atoms with Crippen molar-refractivity contribution in [3.05, 3.63) is 83.1 Å². The third-order valence-corrected chi connectivity index (χ3v) is 8.32. The van der Waals surface area contributed by atoms with Crippen molar-refractivity contribution in [2.75, 3.05) is 37.6 Å². The van der Waals surface area contributed by atoms with Crippen LogP contribution in [0.5, 0.6) is 0 Å². The monoisotopic (exact) mass is 615 g/mol. The zero-order valence-corrected chi connectivity index (χ0v) is 27.2. The number of anilines is 1. The maximum absolute atomic E-state index is 14.3. The molecule has 0 saturated carbocycles. The molecule has 1 N–H and O–H groups in total. The van der Waals surface area contributed by atoms with E-state index >= 15 is 0 Å². The van der Waals surface area contributed by atoms with E-state index in [1.807, 2.05) is 82.2 Å². The Hall–Kier alpha value is -4.04. The highest BCUT2D eigenvalue weighted by Crippen LogP contribution is 2.38. The summed E-state index contributed by atoms with van der Waals surface area (Å²) in [6, 6.07) is 17.5. The largest absolute Gasteiger partial charge is 0.444 e. The van der Waals surface area contributed by atoms with Crippen molar-refractivity contribution >= 4 is 40.3 Å². The molecule has 2 amide bonds. The molecule has 3 heterocycles. The number of amides is 2. The lowest BCUT2D eigenvalue weighted by Gasteiger charge is -2.40. The second-order valence-electron chi connectivity index (χ2n) is 12.7. The molecule has 5 rings (SSSR count). The van der Waals surface area contributed by atoms with E-state index in [9.17, 15) is 9.59 Å². The normalized spacial score (nSPS) is 14.6. The van der Waals surface area contributed by atoms with Crippen molar-refractivity contribution in [2.45, 2.75) is 59.1 Å². The van der Waals surface area contributed by atoms with Crippen LogP contribution in [0.3, 0.4) is 0 Å². The van der Waals surface area contributed by atoms with Crippen LogP contribution in [0.15, 0.2) is 67.0 Å². The summed E-state index contributed by atoms with van der Waals surface area (Å²) < 4.78 is 5.72. The second-order valence-corrected chi connectivity index (χ2v) is 13.2. The van der Waals surface area contributed by atoms with E-state index in [-0.39, 0.29) is 18.5 Å². The Balaban J connectivity index is 1.41. The highest BCUT2D eigenvalue weighted by Gasteiger charge is 2.34. The summed E-state index contributed by atoms with van der Waals surface area (Å²) in [4.78, 5) is 41.5. The number of hydrogen-bond donors (Lipinski definition) is 1. The molecular weight excluding hydrogens is 574 g/mol. The lowest BCUT2D eigenvalue weighted by molar-refractivity contribution is -0.133. The van der Waals surface area contributed by atoms with Gasteiger partial charge < -0.3 is 24.4 Å². The molecule has 1 aliphatic rings. The molecule has 0 spiro atoms. The van der Waals surface area contributed by atoms with Gasteiger partial charge in [-0.2, -0.15) is 0 Å². The molecule has 2 aromatic heterocycles. The van der Waals surface area contributed by atoms with Crippen LogP contribution in [0.1, 0.15) is 51.7 Å². The zero-order valence-electron chi connectivity index (χ0n) is 26.4. The first-order valence-corrected chi connectivity index (χ1v) is 15.6. The Bertz CT molecular complexity index is 1600. The van der Waals surface area contributed by atoms with Gasteiger partial charge in [0.05, 0.1) is 11.6 Å². The number of aromatic nitrogens is 2. The van der Waals surface area contributed by atoms with Crippen molar-refractivity contribution in [3.63, 3.8) is 0 Å². The van der Waals surface area contributed by atoms with Crippen molar-refractivity contribution in [1.82, 2.24) is 19.8 Å². The number of aromatic amines is 1. The maximum atomic E-state index is 14.3. The van der Waals surface area contributed by atoms with Crippen LogP contribution in [0.4, 0.5) is 10.5 Å². The Morgan fingerprint density at radius 2 is 1.68 bits per heavy atom. The molecule has 2 aromatic carbocycles. The number of rotatable bonds is 7. The fourth-order valence-corrected chi connectivity index (χ4v) is 5.92. The van der Waals surface area contributed by atoms with E-state index in [0.29, 0.717) is 31.2 Å². The van der Waals surface area contributed by atoms with E-state index in [1.165, 1.54) is 0 Å². The SMILES string of the molecule is Cc1c[nH]c2ncc(-c3ccccc3)c(N3CCN(C(=O)C(CN(C(=O)OC(C)(C)C)C(C)C)c4ccc(Cl)cc4)CC3)c12. The topological polar surface area (TPSA) is 81.8 Å². The smallest absolute Gasteiger partial charge is 0.410 e. The summed E-state index contributed by atoms with van der Waals surface area (Å²) in [6.45, 7) is 14.2. The lowest BCUT2D eigenvalue weighted by Crippen LogP contribution is -2.52. The van der Waals surface area contributed by atoms with Crippen LogP contribution in [0.25, 0.3) is 22.2 Å².